The summed E-state index contributed by atoms with van der Waals surface area (Å²) in [5.74, 6) is -0.576. The fourth-order valence-corrected chi connectivity index (χ4v) is 3.54. The number of primary amides is 1. The molecule has 2 heterocycles. The zero-order valence-electron chi connectivity index (χ0n) is 13.0. The summed E-state index contributed by atoms with van der Waals surface area (Å²) in [4.78, 5) is 26.2. The number of nitrogens with zero attached hydrogens (tertiary/aromatic N) is 1. The van der Waals surface area contributed by atoms with Gasteiger partial charge in [-0.2, -0.15) is 0 Å². The van der Waals surface area contributed by atoms with Crippen LogP contribution in [0.3, 0.4) is 0 Å². The summed E-state index contributed by atoms with van der Waals surface area (Å²) >= 11 is 0. The van der Waals surface area contributed by atoms with Crippen LogP contribution in [0.25, 0.3) is 0 Å². The molecule has 0 aliphatic carbocycles. The van der Waals surface area contributed by atoms with Crippen molar-refractivity contribution < 1.29 is 14.3 Å². The normalized spacial score (nSPS) is 30.9. The fraction of sp³-hybridized carbons (Fsp3) is 0.529. The number of para-hydroxylation sites is 1. The third-order valence-corrected chi connectivity index (χ3v) is 4.66. The molecule has 1 fully saturated rings. The van der Waals surface area contributed by atoms with Gasteiger partial charge in [-0.15, -0.1) is 0 Å². The van der Waals surface area contributed by atoms with Crippen molar-refractivity contribution in [1.82, 2.24) is 0 Å². The zero-order valence-corrected chi connectivity index (χ0v) is 13.0. The molecule has 0 spiro atoms. The van der Waals surface area contributed by atoms with E-state index in [1.54, 1.807) is 4.90 Å². The maximum Gasteiger partial charge on any atom is 0.256 e. The second kappa shape index (κ2) is 5.72. The Bertz CT molecular complexity index is 601. The molecule has 4 atom stereocenters. The first kappa shape index (κ1) is 15.0. The number of nitrogens with two attached hydrogens (primary N) is 1. The fourth-order valence-electron chi connectivity index (χ4n) is 3.54. The summed E-state index contributed by atoms with van der Waals surface area (Å²) in [7, 11) is 0. The van der Waals surface area contributed by atoms with Crippen LogP contribution in [0.5, 0.6) is 0 Å². The van der Waals surface area contributed by atoms with E-state index in [-0.39, 0.29) is 29.8 Å². The Morgan fingerprint density at radius 2 is 2.00 bits per heavy atom. The van der Waals surface area contributed by atoms with Crippen LogP contribution in [0.2, 0.25) is 0 Å². The highest BCUT2D eigenvalue weighted by atomic mass is 16.5. The highest BCUT2D eigenvalue weighted by Crippen LogP contribution is 2.33. The Balaban J connectivity index is 1.91. The highest BCUT2D eigenvalue weighted by Gasteiger charge is 2.40. The van der Waals surface area contributed by atoms with Crippen LogP contribution in [0.1, 0.15) is 25.8 Å². The van der Waals surface area contributed by atoms with Crippen molar-refractivity contribution in [1.29, 1.82) is 0 Å². The molecule has 5 nitrogen and oxygen atoms in total. The quantitative estimate of drug-likeness (QED) is 0.899. The highest BCUT2D eigenvalue weighted by molar-refractivity contribution is 5.99. The standard InChI is InChI=1S/C17H22N2O3/c1-10-7-11(2)22-15(10)17(21)19-9-13(16(18)20)8-12-5-3-4-6-14(12)19/h3-6,10-11,13,15H,7-9H2,1-2H3,(H2,18,20). The van der Waals surface area contributed by atoms with Gasteiger partial charge in [0.25, 0.3) is 5.91 Å². The first-order valence-electron chi connectivity index (χ1n) is 7.81. The molecule has 2 aliphatic rings. The molecule has 4 unspecified atom stereocenters. The third-order valence-electron chi connectivity index (χ3n) is 4.66. The van der Waals surface area contributed by atoms with Gasteiger partial charge in [-0.25, -0.2) is 0 Å². The van der Waals surface area contributed by atoms with E-state index >= 15 is 0 Å². The van der Waals surface area contributed by atoms with E-state index in [4.69, 9.17) is 10.5 Å². The molecule has 118 valence electrons. The zero-order chi connectivity index (χ0) is 15.9. The van der Waals surface area contributed by atoms with Gasteiger partial charge >= 0.3 is 0 Å². The molecule has 0 bridgehead atoms. The lowest BCUT2D eigenvalue weighted by Crippen LogP contribution is -2.49. The predicted molar refractivity (Wildman–Crippen MR) is 83.3 cm³/mol. The summed E-state index contributed by atoms with van der Waals surface area (Å²) in [6.07, 6.45) is 1.13. The number of fused-ring (bicyclic) bond motifs is 1. The van der Waals surface area contributed by atoms with Crippen molar-refractivity contribution in [2.45, 2.75) is 38.9 Å². The molecule has 0 saturated carbocycles. The summed E-state index contributed by atoms with van der Waals surface area (Å²) in [5, 5.41) is 0. The molecule has 1 saturated heterocycles. The van der Waals surface area contributed by atoms with Crippen LogP contribution >= 0.6 is 0 Å². The van der Waals surface area contributed by atoms with Gasteiger partial charge in [-0.1, -0.05) is 25.1 Å². The topological polar surface area (TPSA) is 72.6 Å². The number of benzene rings is 1. The number of carbonyl (C=O) groups excluding carboxylic acids is 2. The van der Waals surface area contributed by atoms with Crippen molar-refractivity contribution in [2.24, 2.45) is 17.6 Å². The second-order valence-electron chi connectivity index (χ2n) is 6.46. The molecule has 1 aromatic rings. The lowest BCUT2D eigenvalue weighted by atomic mass is 9.91. The van der Waals surface area contributed by atoms with Crippen molar-refractivity contribution in [3.05, 3.63) is 29.8 Å². The number of amides is 2. The largest absolute Gasteiger partial charge is 0.369 e. The van der Waals surface area contributed by atoms with E-state index < -0.39 is 6.10 Å². The van der Waals surface area contributed by atoms with Gasteiger partial charge in [0, 0.05) is 12.2 Å². The van der Waals surface area contributed by atoms with Crippen LogP contribution in [-0.2, 0) is 20.7 Å². The minimum Gasteiger partial charge on any atom is -0.369 e. The molecule has 1 aromatic carbocycles. The van der Waals surface area contributed by atoms with Gasteiger partial charge in [0.15, 0.2) is 0 Å². The number of hydrogen-bond donors (Lipinski definition) is 1. The molecule has 0 radical (unpaired) electrons. The van der Waals surface area contributed by atoms with Gasteiger partial charge in [-0.3, -0.25) is 9.59 Å². The molecule has 2 N–H and O–H groups in total. The second-order valence-corrected chi connectivity index (χ2v) is 6.46. The maximum absolute atomic E-state index is 12.9. The Kier molecular flexibility index (Phi) is 3.91. The SMILES string of the molecule is CC1CC(C)C(C(=O)N2CC(C(N)=O)Cc3ccccc32)O1. The summed E-state index contributed by atoms with van der Waals surface area (Å²) < 4.78 is 5.79. The molecule has 22 heavy (non-hydrogen) atoms. The van der Waals surface area contributed by atoms with E-state index in [2.05, 4.69) is 0 Å². The average molecular weight is 302 g/mol. The summed E-state index contributed by atoms with van der Waals surface area (Å²) in [6, 6.07) is 7.70. The average Bonchev–Trinajstić information content (AvgIpc) is 2.84. The summed E-state index contributed by atoms with van der Waals surface area (Å²) in [6.45, 7) is 4.36. The Morgan fingerprint density at radius 1 is 1.27 bits per heavy atom. The molecule has 2 amide bonds. The predicted octanol–water partition coefficient (Wildman–Crippen LogP) is 1.49. The van der Waals surface area contributed by atoms with Gasteiger partial charge in [-0.05, 0) is 37.3 Å². The van der Waals surface area contributed by atoms with Crippen LogP contribution in [0, 0.1) is 11.8 Å². The number of rotatable bonds is 2. The van der Waals surface area contributed by atoms with Crippen molar-refractivity contribution in [3.8, 4) is 0 Å². The van der Waals surface area contributed by atoms with Crippen LogP contribution in [0.4, 0.5) is 5.69 Å². The first-order valence-corrected chi connectivity index (χ1v) is 7.81. The molecular weight excluding hydrogens is 280 g/mol. The van der Waals surface area contributed by atoms with Crippen molar-refractivity contribution in [3.63, 3.8) is 0 Å². The van der Waals surface area contributed by atoms with E-state index in [0.29, 0.717) is 13.0 Å². The van der Waals surface area contributed by atoms with Gasteiger partial charge in [0.2, 0.25) is 5.91 Å². The molecule has 3 rings (SSSR count). The number of hydrogen-bond acceptors (Lipinski definition) is 3. The minimum atomic E-state index is -0.435. The van der Waals surface area contributed by atoms with Crippen LogP contribution in [-0.4, -0.2) is 30.6 Å². The van der Waals surface area contributed by atoms with E-state index in [1.165, 1.54) is 0 Å². The van der Waals surface area contributed by atoms with Crippen LogP contribution < -0.4 is 10.6 Å². The van der Waals surface area contributed by atoms with Crippen LogP contribution in [0.15, 0.2) is 24.3 Å². The molecule has 0 aromatic heterocycles. The lowest BCUT2D eigenvalue weighted by Gasteiger charge is -2.35. The Morgan fingerprint density at radius 3 is 2.64 bits per heavy atom. The number of carbonyl (C=O) groups is 2. The minimum absolute atomic E-state index is 0.0600. The Hall–Kier alpha value is -1.88. The van der Waals surface area contributed by atoms with E-state index in [9.17, 15) is 9.59 Å². The Labute approximate surface area is 130 Å². The smallest absolute Gasteiger partial charge is 0.256 e. The van der Waals surface area contributed by atoms with E-state index in [1.807, 2.05) is 38.1 Å². The maximum atomic E-state index is 12.9. The van der Waals surface area contributed by atoms with E-state index in [0.717, 1.165) is 17.7 Å². The molecule has 2 aliphatic heterocycles. The van der Waals surface area contributed by atoms with Gasteiger partial charge < -0.3 is 15.4 Å². The van der Waals surface area contributed by atoms with Gasteiger partial charge in [0.1, 0.15) is 6.10 Å². The molecular formula is C17H22N2O3. The third kappa shape index (κ3) is 2.61. The first-order chi connectivity index (χ1) is 10.5. The number of anilines is 1. The van der Waals surface area contributed by atoms with Gasteiger partial charge in [0.05, 0.1) is 12.0 Å². The monoisotopic (exact) mass is 302 g/mol. The summed E-state index contributed by atoms with van der Waals surface area (Å²) in [5.41, 5.74) is 7.35. The number of ether oxygens (including phenoxy) is 1. The molecule has 5 heteroatoms. The van der Waals surface area contributed by atoms with Crippen molar-refractivity contribution >= 4 is 17.5 Å². The lowest BCUT2D eigenvalue weighted by molar-refractivity contribution is -0.131. The van der Waals surface area contributed by atoms with Crippen molar-refractivity contribution in [2.75, 3.05) is 11.4 Å².